The lowest BCUT2D eigenvalue weighted by Gasteiger charge is -2.27. The highest BCUT2D eigenvalue weighted by atomic mass is 35.5. The Morgan fingerprint density at radius 3 is 2.90 bits per heavy atom. The third-order valence-corrected chi connectivity index (χ3v) is 5.26. The molecule has 5 heteroatoms. The highest BCUT2D eigenvalue weighted by Gasteiger charge is 2.21. The summed E-state index contributed by atoms with van der Waals surface area (Å²) >= 11 is 13.6. The quantitative estimate of drug-likeness (QED) is 0.811. The van der Waals surface area contributed by atoms with Crippen molar-refractivity contribution in [1.29, 1.82) is 0 Å². The molecule has 104 valence electrons. The van der Waals surface area contributed by atoms with Gasteiger partial charge in [-0.25, -0.2) is 0 Å². The minimum absolute atomic E-state index is 0.139. The van der Waals surface area contributed by atoms with Gasteiger partial charge in [-0.05, 0) is 41.1 Å². The number of thiophene rings is 1. The Labute approximate surface area is 131 Å². The van der Waals surface area contributed by atoms with Gasteiger partial charge < -0.3 is 4.90 Å². The van der Waals surface area contributed by atoms with Crippen LogP contribution in [-0.4, -0.2) is 17.4 Å². The van der Waals surface area contributed by atoms with Crippen molar-refractivity contribution in [2.24, 2.45) is 0 Å². The van der Waals surface area contributed by atoms with E-state index in [0.717, 1.165) is 25.1 Å². The number of carbonyl (C=O) groups is 1. The normalized spacial score (nSPS) is 14.2. The first-order valence-corrected chi connectivity index (χ1v) is 8.04. The van der Waals surface area contributed by atoms with Crippen molar-refractivity contribution in [3.05, 3.63) is 55.7 Å². The molecule has 0 N–H and O–H groups in total. The molecule has 3 rings (SSSR count). The van der Waals surface area contributed by atoms with E-state index in [1.54, 1.807) is 23.5 Å². The summed E-state index contributed by atoms with van der Waals surface area (Å²) in [5, 5.41) is 3.11. The molecule has 0 spiro atoms. The molecular weight excluding hydrogens is 313 g/mol. The summed E-state index contributed by atoms with van der Waals surface area (Å²) in [7, 11) is 0. The van der Waals surface area contributed by atoms with Crippen molar-refractivity contribution in [3.8, 4) is 0 Å². The number of hydrogen-bond acceptors (Lipinski definition) is 2. The van der Waals surface area contributed by atoms with Crippen LogP contribution in [0, 0.1) is 0 Å². The van der Waals surface area contributed by atoms with E-state index in [0.29, 0.717) is 16.5 Å². The zero-order valence-electron chi connectivity index (χ0n) is 10.7. The summed E-state index contributed by atoms with van der Waals surface area (Å²) in [5.41, 5.74) is 2.18. The Hall–Kier alpha value is -1.03. The van der Waals surface area contributed by atoms with E-state index in [9.17, 15) is 4.79 Å². The molecule has 0 radical (unpaired) electrons. The first kappa shape index (κ1) is 13.9. The Bertz CT molecular complexity index is 653. The summed E-state index contributed by atoms with van der Waals surface area (Å²) in [6, 6.07) is 7.46. The van der Waals surface area contributed by atoms with Crippen LogP contribution in [0.1, 0.15) is 16.0 Å². The molecule has 0 unspecified atom stereocenters. The minimum Gasteiger partial charge on any atom is -0.338 e. The summed E-state index contributed by atoms with van der Waals surface area (Å²) in [5.74, 6) is 0.139. The fourth-order valence-electron chi connectivity index (χ4n) is 2.40. The van der Waals surface area contributed by atoms with Crippen LogP contribution in [0.5, 0.6) is 0 Å². The number of fused-ring (bicyclic) bond motifs is 1. The Morgan fingerprint density at radius 1 is 1.25 bits per heavy atom. The largest absolute Gasteiger partial charge is 0.338 e. The van der Waals surface area contributed by atoms with Gasteiger partial charge in [0.2, 0.25) is 5.91 Å². The average molecular weight is 326 g/mol. The van der Waals surface area contributed by atoms with E-state index >= 15 is 0 Å². The standard InChI is InChI=1S/C15H13Cl2NOS/c16-12-2-1-10(7-13(12)17)8-15(19)18-5-3-14-11(9-18)4-6-20-14/h1-2,4,6-7H,3,5,8-9H2. The summed E-state index contributed by atoms with van der Waals surface area (Å²) in [6.07, 6.45) is 1.33. The van der Waals surface area contributed by atoms with Crippen molar-refractivity contribution in [3.63, 3.8) is 0 Å². The monoisotopic (exact) mass is 325 g/mol. The number of rotatable bonds is 2. The maximum atomic E-state index is 12.3. The fourth-order valence-corrected chi connectivity index (χ4v) is 3.61. The fraction of sp³-hybridized carbons (Fsp3) is 0.267. The van der Waals surface area contributed by atoms with Gasteiger partial charge in [0, 0.05) is 18.0 Å². The molecule has 0 bridgehead atoms. The number of nitrogens with zero attached hydrogens (tertiary/aromatic N) is 1. The van der Waals surface area contributed by atoms with Gasteiger partial charge in [-0.1, -0.05) is 29.3 Å². The van der Waals surface area contributed by atoms with E-state index in [2.05, 4.69) is 11.4 Å². The lowest BCUT2D eigenvalue weighted by Crippen LogP contribution is -2.36. The van der Waals surface area contributed by atoms with Crippen LogP contribution in [0.2, 0.25) is 10.0 Å². The number of amides is 1. The van der Waals surface area contributed by atoms with Crippen LogP contribution in [-0.2, 0) is 24.2 Å². The third kappa shape index (κ3) is 2.85. The van der Waals surface area contributed by atoms with E-state index in [1.165, 1.54) is 10.4 Å². The molecule has 1 amide bonds. The molecule has 0 saturated heterocycles. The maximum absolute atomic E-state index is 12.3. The predicted molar refractivity (Wildman–Crippen MR) is 83.6 cm³/mol. The second-order valence-corrected chi connectivity index (χ2v) is 6.67. The number of halogens is 2. The lowest BCUT2D eigenvalue weighted by atomic mass is 10.1. The second-order valence-electron chi connectivity index (χ2n) is 4.86. The number of carbonyl (C=O) groups excluding carboxylic acids is 1. The van der Waals surface area contributed by atoms with Crippen molar-refractivity contribution in [2.75, 3.05) is 6.54 Å². The van der Waals surface area contributed by atoms with Crippen molar-refractivity contribution < 1.29 is 4.79 Å². The Morgan fingerprint density at radius 2 is 2.10 bits per heavy atom. The Balaban J connectivity index is 1.69. The van der Waals surface area contributed by atoms with E-state index in [-0.39, 0.29) is 5.91 Å². The molecule has 1 aromatic carbocycles. The first-order chi connectivity index (χ1) is 9.63. The van der Waals surface area contributed by atoms with Crippen molar-refractivity contribution >= 4 is 40.4 Å². The maximum Gasteiger partial charge on any atom is 0.227 e. The zero-order valence-corrected chi connectivity index (χ0v) is 13.1. The van der Waals surface area contributed by atoms with E-state index < -0.39 is 0 Å². The number of benzene rings is 1. The average Bonchev–Trinajstić information content (AvgIpc) is 2.90. The van der Waals surface area contributed by atoms with Gasteiger partial charge >= 0.3 is 0 Å². The highest BCUT2D eigenvalue weighted by Crippen LogP contribution is 2.26. The molecule has 1 aliphatic heterocycles. The van der Waals surface area contributed by atoms with Gasteiger partial charge in [-0.3, -0.25) is 4.79 Å². The van der Waals surface area contributed by atoms with Crippen LogP contribution in [0.15, 0.2) is 29.6 Å². The molecule has 2 nitrogen and oxygen atoms in total. The molecule has 0 saturated carbocycles. The smallest absolute Gasteiger partial charge is 0.227 e. The molecular formula is C15H13Cl2NOS. The van der Waals surface area contributed by atoms with Crippen molar-refractivity contribution in [1.82, 2.24) is 4.90 Å². The van der Waals surface area contributed by atoms with Crippen LogP contribution in [0.25, 0.3) is 0 Å². The van der Waals surface area contributed by atoms with E-state index in [1.807, 2.05) is 11.0 Å². The minimum atomic E-state index is 0.139. The lowest BCUT2D eigenvalue weighted by molar-refractivity contribution is -0.131. The molecule has 20 heavy (non-hydrogen) atoms. The van der Waals surface area contributed by atoms with Crippen molar-refractivity contribution in [2.45, 2.75) is 19.4 Å². The van der Waals surface area contributed by atoms with Gasteiger partial charge in [0.25, 0.3) is 0 Å². The van der Waals surface area contributed by atoms with Gasteiger partial charge in [0.1, 0.15) is 0 Å². The molecule has 1 aliphatic rings. The van der Waals surface area contributed by atoms with Gasteiger partial charge in [0.05, 0.1) is 16.5 Å². The van der Waals surface area contributed by atoms with Gasteiger partial charge in [-0.2, -0.15) is 0 Å². The number of hydrogen-bond donors (Lipinski definition) is 0. The molecule has 0 fully saturated rings. The molecule has 0 atom stereocenters. The summed E-state index contributed by atoms with van der Waals surface area (Å²) < 4.78 is 0. The van der Waals surface area contributed by atoms with Gasteiger partial charge in [0.15, 0.2) is 0 Å². The molecule has 2 aromatic rings. The molecule has 1 aromatic heterocycles. The van der Waals surface area contributed by atoms with Crippen LogP contribution < -0.4 is 0 Å². The first-order valence-electron chi connectivity index (χ1n) is 6.40. The predicted octanol–water partition coefficient (Wildman–Crippen LogP) is 4.18. The van der Waals surface area contributed by atoms with Crippen LogP contribution in [0.4, 0.5) is 0 Å². The second kappa shape index (κ2) is 5.76. The highest BCUT2D eigenvalue weighted by molar-refractivity contribution is 7.10. The van der Waals surface area contributed by atoms with Crippen LogP contribution in [0.3, 0.4) is 0 Å². The Kier molecular flexibility index (Phi) is 4.01. The van der Waals surface area contributed by atoms with E-state index in [4.69, 9.17) is 23.2 Å². The molecule has 0 aliphatic carbocycles. The topological polar surface area (TPSA) is 20.3 Å². The summed E-state index contributed by atoms with van der Waals surface area (Å²) in [6.45, 7) is 1.52. The van der Waals surface area contributed by atoms with Gasteiger partial charge in [-0.15, -0.1) is 11.3 Å². The molecule has 2 heterocycles. The SMILES string of the molecule is O=C(Cc1ccc(Cl)c(Cl)c1)N1CCc2sccc2C1. The third-order valence-electron chi connectivity index (χ3n) is 3.50. The summed E-state index contributed by atoms with van der Waals surface area (Å²) in [4.78, 5) is 15.7. The van der Waals surface area contributed by atoms with Crippen LogP contribution >= 0.6 is 34.5 Å². The zero-order chi connectivity index (χ0) is 14.1.